The van der Waals surface area contributed by atoms with Crippen LogP contribution in [0.1, 0.15) is 17.5 Å². The number of esters is 1. The summed E-state index contributed by atoms with van der Waals surface area (Å²) in [4.78, 5) is 21.8. The third-order valence-corrected chi connectivity index (χ3v) is 3.16. The molecule has 6 nitrogen and oxygen atoms in total. The van der Waals surface area contributed by atoms with Crippen LogP contribution in [0, 0.1) is 0 Å². The van der Waals surface area contributed by atoms with Crippen LogP contribution in [-0.4, -0.2) is 39.3 Å². The summed E-state index contributed by atoms with van der Waals surface area (Å²) in [5.41, 5.74) is 2.04. The van der Waals surface area contributed by atoms with E-state index in [0.717, 1.165) is 23.1 Å². The number of carbonyl (C=O) groups excluding carboxylic acids is 2. The quantitative estimate of drug-likeness (QED) is 0.420. The van der Waals surface area contributed by atoms with Gasteiger partial charge in [0.15, 0.2) is 12.2 Å². The highest BCUT2D eigenvalue weighted by atomic mass is 16.5. The summed E-state index contributed by atoms with van der Waals surface area (Å²) in [5, 5.41) is 3.09. The van der Waals surface area contributed by atoms with Gasteiger partial charge in [0.05, 0.1) is 20.6 Å². The van der Waals surface area contributed by atoms with Crippen molar-refractivity contribution in [3.05, 3.63) is 35.6 Å². The Hall–Kier alpha value is -2.30. The third-order valence-electron chi connectivity index (χ3n) is 3.16. The van der Waals surface area contributed by atoms with Crippen LogP contribution < -0.4 is 10.1 Å². The summed E-state index contributed by atoms with van der Waals surface area (Å²) in [6.45, 7) is 0.654. The number of ether oxygens (including phenoxy) is 3. The van der Waals surface area contributed by atoms with Crippen LogP contribution in [0.25, 0.3) is 0 Å². The number of nitrogens with one attached hydrogen (secondary N) is 1. The van der Waals surface area contributed by atoms with Crippen molar-refractivity contribution in [2.75, 3.05) is 21.3 Å². The average molecular weight is 307 g/mol. The molecule has 0 aromatic heterocycles. The molecule has 0 radical (unpaired) electrons. The molecule has 0 saturated heterocycles. The Labute approximate surface area is 130 Å². The lowest BCUT2D eigenvalue weighted by atomic mass is 9.99. The predicted molar refractivity (Wildman–Crippen MR) is 81.2 cm³/mol. The number of hydrogen-bond donors (Lipinski definition) is 1. The molecule has 6 heteroatoms. The van der Waals surface area contributed by atoms with E-state index in [1.807, 2.05) is 25.2 Å². The van der Waals surface area contributed by atoms with Crippen LogP contribution in [0.3, 0.4) is 0 Å². The number of rotatable bonds is 9. The van der Waals surface area contributed by atoms with E-state index in [4.69, 9.17) is 9.47 Å². The van der Waals surface area contributed by atoms with E-state index < -0.39 is 12.1 Å². The SMILES string of the molecule is CNCc1cc(OC)ccc1CC(CC(=O)OC)OC=C=O. The van der Waals surface area contributed by atoms with Gasteiger partial charge in [-0.25, -0.2) is 4.79 Å². The van der Waals surface area contributed by atoms with Gasteiger partial charge in [-0.1, -0.05) is 6.07 Å². The summed E-state index contributed by atoms with van der Waals surface area (Å²) < 4.78 is 15.1. The highest BCUT2D eigenvalue weighted by molar-refractivity contribution is 5.69. The summed E-state index contributed by atoms with van der Waals surface area (Å²) in [6, 6.07) is 5.69. The predicted octanol–water partition coefficient (Wildman–Crippen LogP) is 1.25. The Kier molecular flexibility index (Phi) is 7.75. The minimum Gasteiger partial charge on any atom is -0.497 e. The van der Waals surface area contributed by atoms with Crippen molar-refractivity contribution < 1.29 is 23.8 Å². The molecule has 0 spiro atoms. The highest BCUT2D eigenvalue weighted by Gasteiger charge is 2.17. The molecule has 0 aliphatic carbocycles. The molecule has 0 aliphatic rings. The summed E-state index contributed by atoms with van der Waals surface area (Å²) in [5.74, 6) is 1.91. The van der Waals surface area contributed by atoms with Crippen molar-refractivity contribution in [1.29, 1.82) is 0 Å². The van der Waals surface area contributed by atoms with Gasteiger partial charge >= 0.3 is 5.97 Å². The zero-order valence-electron chi connectivity index (χ0n) is 13.0. The maximum absolute atomic E-state index is 11.4. The Morgan fingerprint density at radius 1 is 1.36 bits per heavy atom. The fraction of sp³-hybridized carbons (Fsp3) is 0.438. The van der Waals surface area contributed by atoms with Crippen LogP contribution in [0.15, 0.2) is 24.5 Å². The average Bonchev–Trinajstić information content (AvgIpc) is 2.54. The van der Waals surface area contributed by atoms with E-state index in [1.54, 1.807) is 13.1 Å². The minimum absolute atomic E-state index is 0.0553. The van der Waals surface area contributed by atoms with Gasteiger partial charge < -0.3 is 19.5 Å². The zero-order valence-corrected chi connectivity index (χ0v) is 13.0. The van der Waals surface area contributed by atoms with Gasteiger partial charge in [-0.2, -0.15) is 0 Å². The molecule has 0 bridgehead atoms. The van der Waals surface area contributed by atoms with Crippen LogP contribution >= 0.6 is 0 Å². The molecule has 1 atom stereocenters. The molecular formula is C16H21NO5. The number of benzene rings is 1. The summed E-state index contributed by atoms with van der Waals surface area (Å²) >= 11 is 0. The first-order valence-electron chi connectivity index (χ1n) is 6.86. The van der Waals surface area contributed by atoms with E-state index in [2.05, 4.69) is 10.1 Å². The lowest BCUT2D eigenvalue weighted by Gasteiger charge is -2.17. The normalized spacial score (nSPS) is 11.2. The molecule has 0 fully saturated rings. The molecule has 0 saturated carbocycles. The first kappa shape index (κ1) is 17.8. The topological polar surface area (TPSA) is 73.9 Å². The fourth-order valence-electron chi connectivity index (χ4n) is 2.09. The minimum atomic E-state index is -0.488. The second-order valence-corrected chi connectivity index (χ2v) is 4.64. The smallest absolute Gasteiger partial charge is 0.309 e. The molecule has 1 N–H and O–H groups in total. The van der Waals surface area contributed by atoms with E-state index in [1.165, 1.54) is 7.11 Å². The van der Waals surface area contributed by atoms with E-state index >= 15 is 0 Å². The van der Waals surface area contributed by atoms with Gasteiger partial charge in [-0.3, -0.25) is 4.79 Å². The monoisotopic (exact) mass is 307 g/mol. The highest BCUT2D eigenvalue weighted by Crippen LogP contribution is 2.21. The number of hydrogen-bond acceptors (Lipinski definition) is 6. The lowest BCUT2D eigenvalue weighted by Crippen LogP contribution is -2.21. The third kappa shape index (κ3) is 5.60. The van der Waals surface area contributed by atoms with E-state index in [9.17, 15) is 9.59 Å². The lowest BCUT2D eigenvalue weighted by molar-refractivity contribution is -0.142. The van der Waals surface area contributed by atoms with E-state index in [-0.39, 0.29) is 6.42 Å². The molecule has 1 rings (SSSR count). The Bertz CT molecular complexity index is 537. The van der Waals surface area contributed by atoms with Gasteiger partial charge in [0.1, 0.15) is 11.9 Å². The molecule has 1 unspecified atom stereocenters. The standard InChI is InChI=1S/C16H21NO5/c1-17-11-13-9-14(20-2)5-4-12(13)8-15(22-7-6-18)10-16(19)21-3/h4-5,7,9,15,17H,8,10-11H2,1-3H3. The molecule has 120 valence electrons. The van der Waals surface area contributed by atoms with Crippen LogP contribution in [0.2, 0.25) is 0 Å². The molecular weight excluding hydrogens is 286 g/mol. The van der Waals surface area contributed by atoms with Gasteiger partial charge in [-0.05, 0) is 30.3 Å². The van der Waals surface area contributed by atoms with Crippen LogP contribution in [0.5, 0.6) is 5.75 Å². The van der Waals surface area contributed by atoms with Gasteiger partial charge in [0.25, 0.3) is 0 Å². The molecule has 0 heterocycles. The Morgan fingerprint density at radius 2 is 2.14 bits per heavy atom. The maximum Gasteiger partial charge on any atom is 0.309 e. The van der Waals surface area contributed by atoms with Crippen LogP contribution in [-0.2, 0) is 32.0 Å². The first-order chi connectivity index (χ1) is 10.6. The summed E-state index contributed by atoms with van der Waals surface area (Å²) in [6.07, 6.45) is 0.959. The van der Waals surface area contributed by atoms with Gasteiger partial charge in [0.2, 0.25) is 0 Å². The van der Waals surface area contributed by atoms with Crippen LogP contribution in [0.4, 0.5) is 0 Å². The van der Waals surface area contributed by atoms with Gasteiger partial charge in [-0.15, -0.1) is 0 Å². The van der Waals surface area contributed by atoms with Crippen molar-refractivity contribution >= 4 is 11.9 Å². The van der Waals surface area contributed by atoms with Crippen molar-refractivity contribution in [3.63, 3.8) is 0 Å². The van der Waals surface area contributed by atoms with E-state index in [0.29, 0.717) is 13.0 Å². The van der Waals surface area contributed by atoms with Crippen molar-refractivity contribution in [1.82, 2.24) is 5.32 Å². The second-order valence-electron chi connectivity index (χ2n) is 4.64. The van der Waals surface area contributed by atoms with Crippen molar-refractivity contribution in [2.24, 2.45) is 0 Å². The first-order valence-corrected chi connectivity index (χ1v) is 6.86. The van der Waals surface area contributed by atoms with Crippen molar-refractivity contribution in [3.8, 4) is 5.75 Å². The molecule has 0 aliphatic heterocycles. The number of methoxy groups -OCH3 is 2. The summed E-state index contributed by atoms with van der Waals surface area (Å²) in [7, 11) is 4.77. The van der Waals surface area contributed by atoms with Crippen molar-refractivity contribution in [2.45, 2.75) is 25.5 Å². The maximum atomic E-state index is 11.4. The molecule has 0 amide bonds. The fourth-order valence-corrected chi connectivity index (χ4v) is 2.09. The Morgan fingerprint density at radius 3 is 2.73 bits per heavy atom. The largest absolute Gasteiger partial charge is 0.497 e. The Balaban J connectivity index is 2.94. The second kappa shape index (κ2) is 9.60. The van der Waals surface area contributed by atoms with Gasteiger partial charge in [0, 0.05) is 13.0 Å². The number of carbonyl (C=O) groups is 1. The molecule has 1 aromatic rings. The molecule has 1 aromatic carbocycles. The molecule has 22 heavy (non-hydrogen) atoms. The zero-order chi connectivity index (χ0) is 16.4.